The molecule has 0 bridgehead atoms. The number of aromatic amines is 1. The van der Waals surface area contributed by atoms with Crippen LogP contribution in [0.1, 0.15) is 23.7 Å². The number of hydrogen-bond donors (Lipinski definition) is 1. The summed E-state index contributed by atoms with van der Waals surface area (Å²) in [4.78, 5) is 18.7. The van der Waals surface area contributed by atoms with Crippen molar-refractivity contribution in [3.05, 3.63) is 51.4 Å². The minimum Gasteiger partial charge on any atom is -0.307 e. The van der Waals surface area contributed by atoms with E-state index in [1.165, 1.54) is 11.1 Å². The van der Waals surface area contributed by atoms with E-state index in [2.05, 4.69) is 23.8 Å². The standard InChI is InChI=1S/C14H16N2O/c1-4-12-8-13(17)16-14(15-12)11-6-5-9(2)10(3)7-11/h5-8H,4H2,1-3H3,(H,15,16,17). The molecule has 0 radical (unpaired) electrons. The second-order valence-corrected chi connectivity index (χ2v) is 4.24. The Kier molecular flexibility index (Phi) is 3.09. The predicted octanol–water partition coefficient (Wildman–Crippen LogP) is 2.62. The summed E-state index contributed by atoms with van der Waals surface area (Å²) < 4.78 is 0. The Morgan fingerprint density at radius 2 is 1.94 bits per heavy atom. The van der Waals surface area contributed by atoms with Crippen LogP contribution < -0.4 is 5.56 Å². The molecule has 1 aromatic carbocycles. The Morgan fingerprint density at radius 3 is 2.59 bits per heavy atom. The van der Waals surface area contributed by atoms with Crippen molar-refractivity contribution in [3.8, 4) is 11.4 Å². The highest BCUT2D eigenvalue weighted by molar-refractivity contribution is 5.57. The minimum atomic E-state index is -0.0925. The fourth-order valence-electron chi connectivity index (χ4n) is 1.71. The van der Waals surface area contributed by atoms with Gasteiger partial charge in [0, 0.05) is 17.3 Å². The molecule has 1 aromatic heterocycles. The van der Waals surface area contributed by atoms with Crippen LogP contribution in [0, 0.1) is 13.8 Å². The molecular weight excluding hydrogens is 212 g/mol. The maximum absolute atomic E-state index is 11.5. The molecule has 0 saturated heterocycles. The van der Waals surface area contributed by atoms with Gasteiger partial charge in [-0.15, -0.1) is 0 Å². The number of rotatable bonds is 2. The van der Waals surface area contributed by atoms with Gasteiger partial charge in [-0.2, -0.15) is 0 Å². The number of benzene rings is 1. The average molecular weight is 228 g/mol. The van der Waals surface area contributed by atoms with E-state index >= 15 is 0 Å². The molecule has 88 valence electrons. The number of nitrogens with one attached hydrogen (secondary N) is 1. The first-order chi connectivity index (χ1) is 8.10. The number of aryl methyl sites for hydroxylation is 3. The summed E-state index contributed by atoms with van der Waals surface area (Å²) >= 11 is 0. The molecule has 0 atom stereocenters. The highest BCUT2D eigenvalue weighted by atomic mass is 16.1. The highest BCUT2D eigenvalue weighted by Gasteiger charge is 2.04. The lowest BCUT2D eigenvalue weighted by molar-refractivity contribution is 0.986. The Morgan fingerprint density at radius 1 is 1.18 bits per heavy atom. The van der Waals surface area contributed by atoms with E-state index in [9.17, 15) is 4.79 Å². The van der Waals surface area contributed by atoms with Gasteiger partial charge in [0.15, 0.2) is 0 Å². The highest BCUT2D eigenvalue weighted by Crippen LogP contribution is 2.17. The van der Waals surface area contributed by atoms with Gasteiger partial charge < -0.3 is 4.98 Å². The van der Waals surface area contributed by atoms with E-state index in [0.717, 1.165) is 17.7 Å². The van der Waals surface area contributed by atoms with Gasteiger partial charge in [-0.25, -0.2) is 4.98 Å². The molecule has 2 aromatic rings. The van der Waals surface area contributed by atoms with Crippen LogP contribution in [0.4, 0.5) is 0 Å². The molecule has 3 heteroatoms. The molecule has 0 aliphatic rings. The topological polar surface area (TPSA) is 45.8 Å². The maximum Gasteiger partial charge on any atom is 0.251 e. The Bertz CT molecular complexity index is 599. The van der Waals surface area contributed by atoms with Crippen molar-refractivity contribution in [2.45, 2.75) is 27.2 Å². The van der Waals surface area contributed by atoms with Gasteiger partial charge in [-0.05, 0) is 37.5 Å². The van der Waals surface area contributed by atoms with Crippen molar-refractivity contribution >= 4 is 0 Å². The molecule has 0 aliphatic carbocycles. The van der Waals surface area contributed by atoms with E-state index in [1.54, 1.807) is 6.07 Å². The molecule has 0 spiro atoms. The molecule has 1 N–H and O–H groups in total. The van der Waals surface area contributed by atoms with E-state index in [4.69, 9.17) is 0 Å². The van der Waals surface area contributed by atoms with Crippen LogP contribution in [0.2, 0.25) is 0 Å². The molecule has 0 unspecified atom stereocenters. The molecule has 0 amide bonds. The minimum absolute atomic E-state index is 0.0925. The number of aromatic nitrogens is 2. The first kappa shape index (κ1) is 11.6. The first-order valence-electron chi connectivity index (χ1n) is 5.78. The summed E-state index contributed by atoms with van der Waals surface area (Å²) in [5.41, 5.74) is 4.13. The van der Waals surface area contributed by atoms with Crippen molar-refractivity contribution in [2.75, 3.05) is 0 Å². The van der Waals surface area contributed by atoms with E-state index in [-0.39, 0.29) is 5.56 Å². The Balaban J connectivity index is 2.55. The Labute approximate surface area is 101 Å². The molecule has 0 saturated carbocycles. The van der Waals surface area contributed by atoms with Crippen molar-refractivity contribution in [1.82, 2.24) is 9.97 Å². The summed E-state index contributed by atoms with van der Waals surface area (Å²) in [7, 11) is 0. The lowest BCUT2D eigenvalue weighted by atomic mass is 10.1. The van der Waals surface area contributed by atoms with Gasteiger partial charge >= 0.3 is 0 Å². The molecule has 1 heterocycles. The summed E-state index contributed by atoms with van der Waals surface area (Å²) in [6, 6.07) is 7.63. The van der Waals surface area contributed by atoms with Gasteiger partial charge in [0.25, 0.3) is 5.56 Å². The zero-order chi connectivity index (χ0) is 12.4. The monoisotopic (exact) mass is 228 g/mol. The molecule has 3 nitrogen and oxygen atoms in total. The van der Waals surface area contributed by atoms with Gasteiger partial charge in [-0.3, -0.25) is 4.79 Å². The van der Waals surface area contributed by atoms with E-state index in [0.29, 0.717) is 5.82 Å². The van der Waals surface area contributed by atoms with Crippen LogP contribution in [0.3, 0.4) is 0 Å². The van der Waals surface area contributed by atoms with Crippen molar-refractivity contribution in [2.24, 2.45) is 0 Å². The zero-order valence-electron chi connectivity index (χ0n) is 10.4. The normalized spacial score (nSPS) is 10.5. The quantitative estimate of drug-likeness (QED) is 0.858. The number of H-pyrrole nitrogens is 1. The van der Waals surface area contributed by atoms with Crippen LogP contribution in [-0.2, 0) is 6.42 Å². The van der Waals surface area contributed by atoms with Crippen LogP contribution in [-0.4, -0.2) is 9.97 Å². The van der Waals surface area contributed by atoms with Crippen molar-refractivity contribution in [3.63, 3.8) is 0 Å². The van der Waals surface area contributed by atoms with E-state index < -0.39 is 0 Å². The van der Waals surface area contributed by atoms with Crippen LogP contribution in [0.5, 0.6) is 0 Å². The third-order valence-corrected chi connectivity index (χ3v) is 2.94. The predicted molar refractivity (Wildman–Crippen MR) is 69.1 cm³/mol. The molecule has 17 heavy (non-hydrogen) atoms. The molecule has 0 fully saturated rings. The van der Waals surface area contributed by atoms with Gasteiger partial charge in [0.2, 0.25) is 0 Å². The smallest absolute Gasteiger partial charge is 0.251 e. The maximum atomic E-state index is 11.5. The Hall–Kier alpha value is -1.90. The zero-order valence-corrected chi connectivity index (χ0v) is 10.4. The van der Waals surface area contributed by atoms with Gasteiger partial charge in [0.05, 0.1) is 0 Å². The second kappa shape index (κ2) is 4.53. The second-order valence-electron chi connectivity index (χ2n) is 4.24. The SMILES string of the molecule is CCc1cc(=O)[nH]c(-c2ccc(C)c(C)c2)n1. The van der Waals surface area contributed by atoms with Gasteiger partial charge in [-0.1, -0.05) is 19.1 Å². The summed E-state index contributed by atoms with van der Waals surface area (Å²) in [6.07, 6.45) is 0.766. The third kappa shape index (κ3) is 2.44. The largest absolute Gasteiger partial charge is 0.307 e. The van der Waals surface area contributed by atoms with Gasteiger partial charge in [0.1, 0.15) is 5.82 Å². The number of nitrogens with zero attached hydrogens (tertiary/aromatic N) is 1. The summed E-state index contributed by atoms with van der Waals surface area (Å²) in [6.45, 7) is 6.12. The van der Waals surface area contributed by atoms with Crippen molar-refractivity contribution < 1.29 is 0 Å². The summed E-state index contributed by atoms with van der Waals surface area (Å²) in [5.74, 6) is 0.650. The first-order valence-corrected chi connectivity index (χ1v) is 5.78. The molecule has 0 aliphatic heterocycles. The number of hydrogen-bond acceptors (Lipinski definition) is 2. The lowest BCUT2D eigenvalue weighted by Crippen LogP contribution is -2.10. The van der Waals surface area contributed by atoms with E-state index in [1.807, 2.05) is 25.1 Å². The lowest BCUT2D eigenvalue weighted by Gasteiger charge is -2.05. The summed E-state index contributed by atoms with van der Waals surface area (Å²) in [5, 5.41) is 0. The van der Waals surface area contributed by atoms with Crippen LogP contribution in [0.25, 0.3) is 11.4 Å². The fraction of sp³-hybridized carbons (Fsp3) is 0.286. The van der Waals surface area contributed by atoms with Crippen molar-refractivity contribution in [1.29, 1.82) is 0 Å². The molecular formula is C14H16N2O. The third-order valence-electron chi connectivity index (χ3n) is 2.94. The van der Waals surface area contributed by atoms with Crippen LogP contribution >= 0.6 is 0 Å². The fourth-order valence-corrected chi connectivity index (χ4v) is 1.71. The molecule has 2 rings (SSSR count). The average Bonchev–Trinajstić information content (AvgIpc) is 2.32. The van der Waals surface area contributed by atoms with Crippen LogP contribution in [0.15, 0.2) is 29.1 Å².